The Labute approximate surface area is 179 Å². The number of rotatable bonds is 7. The quantitative estimate of drug-likeness (QED) is 0.695. The standard InChI is InChI=1S/C22H37N5O3/c1-3-26-7-5-17-12-20(27-8-10-30-11-9-27)4-6-22(17,16-26)21(28)23-14-18-13-19(15-29-2)25-24-18/h13,17,20H,3-12,14-16H2,1-2H3,(H,23,28)(H,24,25)/t17-,20+,22-/m1/s1. The Morgan fingerprint density at radius 2 is 2.20 bits per heavy atom. The van der Waals surface area contributed by atoms with Gasteiger partial charge < -0.3 is 19.7 Å². The van der Waals surface area contributed by atoms with Crippen LogP contribution in [0.2, 0.25) is 0 Å². The van der Waals surface area contributed by atoms with E-state index in [1.54, 1.807) is 7.11 Å². The number of carbonyl (C=O) groups is 1. The van der Waals surface area contributed by atoms with Crippen molar-refractivity contribution < 1.29 is 14.3 Å². The highest BCUT2D eigenvalue weighted by Gasteiger charge is 2.52. The molecule has 1 aromatic heterocycles. The molecular formula is C22H37N5O3. The maximum atomic E-state index is 13.6. The van der Waals surface area contributed by atoms with E-state index < -0.39 is 0 Å². The number of aromatic nitrogens is 2. The van der Waals surface area contributed by atoms with Crippen LogP contribution in [-0.4, -0.2) is 85.0 Å². The molecule has 3 heterocycles. The van der Waals surface area contributed by atoms with Crippen LogP contribution in [0.25, 0.3) is 0 Å². The number of fused-ring (bicyclic) bond motifs is 1. The summed E-state index contributed by atoms with van der Waals surface area (Å²) in [7, 11) is 1.66. The van der Waals surface area contributed by atoms with Crippen LogP contribution in [0.4, 0.5) is 0 Å². The first-order valence-corrected chi connectivity index (χ1v) is 11.5. The molecule has 0 aromatic carbocycles. The number of nitrogens with zero attached hydrogens (tertiary/aromatic N) is 3. The van der Waals surface area contributed by atoms with Gasteiger partial charge in [0.2, 0.25) is 5.91 Å². The van der Waals surface area contributed by atoms with E-state index in [9.17, 15) is 4.79 Å². The number of hydrogen-bond acceptors (Lipinski definition) is 6. The number of ether oxygens (including phenoxy) is 2. The summed E-state index contributed by atoms with van der Waals surface area (Å²) in [6.07, 6.45) is 4.32. The predicted octanol–water partition coefficient (Wildman–Crippen LogP) is 1.39. The van der Waals surface area contributed by atoms with Crippen molar-refractivity contribution in [1.29, 1.82) is 0 Å². The molecule has 0 radical (unpaired) electrons. The average molecular weight is 420 g/mol. The fraction of sp³-hybridized carbons (Fsp3) is 0.818. The van der Waals surface area contributed by atoms with Gasteiger partial charge in [0.25, 0.3) is 0 Å². The molecule has 1 aliphatic carbocycles. The first kappa shape index (κ1) is 21.7. The highest BCUT2D eigenvalue weighted by atomic mass is 16.5. The van der Waals surface area contributed by atoms with E-state index in [2.05, 4.69) is 32.2 Å². The van der Waals surface area contributed by atoms with E-state index in [1.807, 2.05) is 6.07 Å². The van der Waals surface area contributed by atoms with Crippen LogP contribution >= 0.6 is 0 Å². The molecule has 168 valence electrons. The van der Waals surface area contributed by atoms with Crippen LogP contribution in [-0.2, 0) is 27.4 Å². The van der Waals surface area contributed by atoms with Gasteiger partial charge in [-0.05, 0) is 50.8 Å². The molecule has 1 amide bonds. The molecule has 3 aliphatic rings. The second-order valence-corrected chi connectivity index (χ2v) is 9.09. The van der Waals surface area contributed by atoms with E-state index in [-0.39, 0.29) is 11.3 Å². The lowest BCUT2D eigenvalue weighted by Gasteiger charge is -2.53. The molecule has 0 bridgehead atoms. The summed E-state index contributed by atoms with van der Waals surface area (Å²) in [4.78, 5) is 18.6. The highest BCUT2D eigenvalue weighted by Crippen LogP contribution is 2.47. The van der Waals surface area contributed by atoms with E-state index in [1.165, 1.54) is 0 Å². The van der Waals surface area contributed by atoms with Crippen molar-refractivity contribution in [2.24, 2.45) is 11.3 Å². The molecule has 3 fully saturated rings. The summed E-state index contributed by atoms with van der Waals surface area (Å²) < 4.78 is 10.7. The molecule has 8 nitrogen and oxygen atoms in total. The van der Waals surface area contributed by atoms with Crippen LogP contribution in [0, 0.1) is 11.3 Å². The molecule has 1 aromatic rings. The van der Waals surface area contributed by atoms with Gasteiger partial charge in [-0.15, -0.1) is 0 Å². The molecule has 1 saturated carbocycles. The summed E-state index contributed by atoms with van der Waals surface area (Å²) in [5, 5.41) is 10.5. The Morgan fingerprint density at radius 3 is 2.97 bits per heavy atom. The number of hydrogen-bond donors (Lipinski definition) is 2. The third kappa shape index (κ3) is 4.56. The Morgan fingerprint density at radius 1 is 1.37 bits per heavy atom. The summed E-state index contributed by atoms with van der Waals surface area (Å²) in [5.41, 5.74) is 1.51. The second kappa shape index (κ2) is 9.77. The van der Waals surface area contributed by atoms with Crippen molar-refractivity contribution in [3.05, 3.63) is 17.5 Å². The smallest absolute Gasteiger partial charge is 0.228 e. The second-order valence-electron chi connectivity index (χ2n) is 9.09. The van der Waals surface area contributed by atoms with Gasteiger partial charge in [-0.3, -0.25) is 14.8 Å². The lowest BCUT2D eigenvalue weighted by Crippen LogP contribution is -2.60. The summed E-state index contributed by atoms with van der Waals surface area (Å²) in [5.74, 6) is 0.668. The van der Waals surface area contributed by atoms with E-state index in [0.717, 1.165) is 83.0 Å². The first-order chi connectivity index (χ1) is 14.6. The van der Waals surface area contributed by atoms with Gasteiger partial charge in [-0.1, -0.05) is 6.92 Å². The van der Waals surface area contributed by atoms with Gasteiger partial charge in [0.1, 0.15) is 0 Å². The Bertz CT molecular complexity index is 705. The number of morpholine rings is 1. The monoisotopic (exact) mass is 419 g/mol. The van der Waals surface area contributed by atoms with Crippen molar-refractivity contribution in [3.63, 3.8) is 0 Å². The Hall–Kier alpha value is -1.48. The topological polar surface area (TPSA) is 82.7 Å². The SMILES string of the molecule is CCN1CC[C@@H]2C[C@@H](N3CCOCC3)CC[C@@]2(C(=O)NCc2cc(COC)n[nH]2)C1. The number of H-pyrrole nitrogens is 1. The van der Waals surface area contributed by atoms with Gasteiger partial charge in [-0.2, -0.15) is 5.10 Å². The van der Waals surface area contributed by atoms with E-state index in [0.29, 0.717) is 25.1 Å². The number of aromatic amines is 1. The van der Waals surface area contributed by atoms with E-state index >= 15 is 0 Å². The van der Waals surface area contributed by atoms with Crippen LogP contribution in [0.3, 0.4) is 0 Å². The summed E-state index contributed by atoms with van der Waals surface area (Å²) in [6, 6.07) is 2.56. The van der Waals surface area contributed by atoms with Gasteiger partial charge >= 0.3 is 0 Å². The zero-order chi connectivity index (χ0) is 21.0. The van der Waals surface area contributed by atoms with Crippen molar-refractivity contribution >= 4 is 5.91 Å². The van der Waals surface area contributed by atoms with Crippen LogP contribution in [0.15, 0.2) is 6.07 Å². The molecule has 2 aliphatic heterocycles. The van der Waals surface area contributed by atoms with Crippen molar-refractivity contribution in [1.82, 2.24) is 25.3 Å². The minimum atomic E-state index is -0.271. The van der Waals surface area contributed by atoms with Crippen molar-refractivity contribution in [2.45, 2.75) is 51.8 Å². The van der Waals surface area contributed by atoms with Gasteiger partial charge in [0, 0.05) is 32.8 Å². The molecule has 30 heavy (non-hydrogen) atoms. The summed E-state index contributed by atoms with van der Waals surface area (Å²) >= 11 is 0. The molecule has 0 spiro atoms. The number of carbonyl (C=O) groups excluding carboxylic acids is 1. The number of nitrogens with one attached hydrogen (secondary N) is 2. The normalized spacial score (nSPS) is 30.7. The number of likely N-dealkylation sites (tertiary alicyclic amines) is 1. The predicted molar refractivity (Wildman–Crippen MR) is 114 cm³/mol. The number of piperidine rings is 1. The third-order valence-corrected chi connectivity index (χ3v) is 7.44. The van der Waals surface area contributed by atoms with Crippen LogP contribution in [0.5, 0.6) is 0 Å². The molecule has 3 atom stereocenters. The maximum absolute atomic E-state index is 13.6. The zero-order valence-electron chi connectivity index (χ0n) is 18.5. The third-order valence-electron chi connectivity index (χ3n) is 7.44. The average Bonchev–Trinajstić information content (AvgIpc) is 3.25. The molecular weight excluding hydrogens is 382 g/mol. The lowest BCUT2D eigenvalue weighted by atomic mass is 9.61. The lowest BCUT2D eigenvalue weighted by molar-refractivity contribution is -0.145. The molecule has 0 unspecified atom stereocenters. The summed E-state index contributed by atoms with van der Waals surface area (Å²) in [6.45, 7) is 9.90. The largest absolute Gasteiger partial charge is 0.379 e. The number of amides is 1. The van der Waals surface area contributed by atoms with Crippen LogP contribution < -0.4 is 5.32 Å². The van der Waals surface area contributed by atoms with Gasteiger partial charge in [0.05, 0.1) is 43.2 Å². The van der Waals surface area contributed by atoms with Gasteiger partial charge in [0.15, 0.2) is 0 Å². The molecule has 2 saturated heterocycles. The Kier molecular flexibility index (Phi) is 7.08. The number of methoxy groups -OCH3 is 1. The minimum Gasteiger partial charge on any atom is -0.379 e. The maximum Gasteiger partial charge on any atom is 0.228 e. The fourth-order valence-electron chi connectivity index (χ4n) is 5.71. The molecule has 2 N–H and O–H groups in total. The zero-order valence-corrected chi connectivity index (χ0v) is 18.5. The van der Waals surface area contributed by atoms with Crippen LogP contribution in [0.1, 0.15) is 44.0 Å². The fourth-order valence-corrected chi connectivity index (χ4v) is 5.71. The minimum absolute atomic E-state index is 0.217. The van der Waals surface area contributed by atoms with E-state index in [4.69, 9.17) is 9.47 Å². The molecule has 4 rings (SSSR count). The highest BCUT2D eigenvalue weighted by molar-refractivity contribution is 5.83. The first-order valence-electron chi connectivity index (χ1n) is 11.5. The van der Waals surface area contributed by atoms with Crippen molar-refractivity contribution in [3.8, 4) is 0 Å². The van der Waals surface area contributed by atoms with Gasteiger partial charge in [-0.25, -0.2) is 0 Å². The molecule has 8 heteroatoms. The Balaban J connectivity index is 1.43. The van der Waals surface area contributed by atoms with Crippen molar-refractivity contribution in [2.75, 3.05) is 53.0 Å².